The zero-order valence-electron chi connectivity index (χ0n) is 15.1. The maximum atomic E-state index is 11.7. The molecule has 0 aliphatic carbocycles. The number of likely N-dealkylation sites (N-methyl/N-ethyl adjacent to an activating group) is 1. The fourth-order valence-electron chi connectivity index (χ4n) is 2.01. The first-order valence-corrected chi connectivity index (χ1v) is 9.45. The van der Waals surface area contributed by atoms with Gasteiger partial charge in [0, 0.05) is 38.5 Å². The summed E-state index contributed by atoms with van der Waals surface area (Å²) in [5, 5.41) is 6.65. The molecule has 1 aliphatic heterocycles. The molecule has 23 heavy (non-hydrogen) atoms. The van der Waals surface area contributed by atoms with Gasteiger partial charge < -0.3 is 20.3 Å². The van der Waals surface area contributed by atoms with Crippen molar-refractivity contribution >= 4 is 23.6 Å². The summed E-state index contributed by atoms with van der Waals surface area (Å²) in [7, 11) is 3.48. The van der Waals surface area contributed by atoms with Crippen LogP contribution in [0.25, 0.3) is 0 Å². The van der Waals surface area contributed by atoms with Gasteiger partial charge in [0.15, 0.2) is 5.96 Å². The molecule has 7 heteroatoms. The number of carbonyl (C=O) groups is 1. The molecular formula is C16H32N4O2S. The molecule has 1 fully saturated rings. The number of ether oxygens (including phenoxy) is 1. The number of hydrogen-bond acceptors (Lipinski definition) is 4. The maximum absolute atomic E-state index is 11.7. The molecule has 0 spiro atoms. The van der Waals surface area contributed by atoms with Gasteiger partial charge in [-0.15, -0.1) is 0 Å². The standard InChI is InChI=1S/C16H32N4O2S/c1-16(2,23-5)12-19-15(18-11-14(21)20(3)4)17-10-13-8-6-7-9-22-13/h13H,6-12H2,1-5H3,(H2,17,18,19). The first kappa shape index (κ1) is 20.1. The van der Waals surface area contributed by atoms with E-state index in [9.17, 15) is 4.79 Å². The number of carbonyl (C=O) groups excluding carboxylic acids is 1. The van der Waals surface area contributed by atoms with Crippen molar-refractivity contribution < 1.29 is 9.53 Å². The van der Waals surface area contributed by atoms with Gasteiger partial charge in [-0.25, -0.2) is 4.99 Å². The Balaban J connectivity index is 2.55. The number of amides is 1. The minimum absolute atomic E-state index is 0.0101. The summed E-state index contributed by atoms with van der Waals surface area (Å²) < 4.78 is 5.84. The minimum atomic E-state index is -0.0101. The lowest BCUT2D eigenvalue weighted by Crippen LogP contribution is -2.46. The normalized spacial score (nSPS) is 19.3. The fourth-order valence-corrected chi connectivity index (χ4v) is 2.23. The Morgan fingerprint density at radius 3 is 2.65 bits per heavy atom. The van der Waals surface area contributed by atoms with Crippen LogP contribution in [0.2, 0.25) is 0 Å². The summed E-state index contributed by atoms with van der Waals surface area (Å²) in [5.74, 6) is 0.667. The molecule has 0 radical (unpaired) electrons. The van der Waals surface area contributed by atoms with E-state index in [4.69, 9.17) is 4.74 Å². The quantitative estimate of drug-likeness (QED) is 0.539. The van der Waals surface area contributed by atoms with Gasteiger partial charge in [-0.2, -0.15) is 11.8 Å². The van der Waals surface area contributed by atoms with Gasteiger partial charge in [-0.3, -0.25) is 4.79 Å². The highest BCUT2D eigenvalue weighted by Crippen LogP contribution is 2.19. The van der Waals surface area contributed by atoms with Crippen LogP contribution in [0.4, 0.5) is 0 Å². The van der Waals surface area contributed by atoms with E-state index in [0.29, 0.717) is 5.96 Å². The van der Waals surface area contributed by atoms with Crippen molar-refractivity contribution in [2.75, 3.05) is 46.6 Å². The lowest BCUT2D eigenvalue weighted by molar-refractivity contribution is -0.127. The molecule has 1 rings (SSSR count). The molecule has 0 bridgehead atoms. The predicted octanol–water partition coefficient (Wildman–Crippen LogP) is 1.32. The minimum Gasteiger partial charge on any atom is -0.376 e. The second kappa shape index (κ2) is 10.0. The lowest BCUT2D eigenvalue weighted by atomic mass is 10.1. The predicted molar refractivity (Wildman–Crippen MR) is 98.2 cm³/mol. The smallest absolute Gasteiger partial charge is 0.243 e. The van der Waals surface area contributed by atoms with Crippen LogP contribution in [0.3, 0.4) is 0 Å². The number of guanidine groups is 1. The van der Waals surface area contributed by atoms with Crippen LogP contribution in [0.1, 0.15) is 33.1 Å². The van der Waals surface area contributed by atoms with E-state index >= 15 is 0 Å². The van der Waals surface area contributed by atoms with Gasteiger partial charge in [-0.1, -0.05) is 0 Å². The van der Waals surface area contributed by atoms with E-state index in [-0.39, 0.29) is 23.3 Å². The highest BCUT2D eigenvalue weighted by molar-refractivity contribution is 7.99. The second-order valence-electron chi connectivity index (χ2n) is 6.64. The third kappa shape index (κ3) is 8.46. The second-order valence-corrected chi connectivity index (χ2v) is 8.15. The lowest BCUT2D eigenvalue weighted by Gasteiger charge is -2.26. The molecule has 1 heterocycles. The third-order valence-corrected chi connectivity index (χ3v) is 5.13. The van der Waals surface area contributed by atoms with Gasteiger partial charge in [0.05, 0.1) is 6.10 Å². The Labute approximate surface area is 144 Å². The zero-order valence-corrected chi connectivity index (χ0v) is 16.0. The molecule has 134 valence electrons. The van der Waals surface area contributed by atoms with Gasteiger partial charge >= 0.3 is 0 Å². The first-order valence-electron chi connectivity index (χ1n) is 8.23. The van der Waals surface area contributed by atoms with Gasteiger partial charge in [0.1, 0.15) is 6.54 Å². The van der Waals surface area contributed by atoms with Crippen molar-refractivity contribution in [3.8, 4) is 0 Å². The number of hydrogen-bond donors (Lipinski definition) is 2. The average molecular weight is 345 g/mol. The van der Waals surface area contributed by atoms with Gasteiger partial charge in [0.2, 0.25) is 5.91 Å². The Kier molecular flexibility index (Phi) is 8.76. The van der Waals surface area contributed by atoms with Crippen molar-refractivity contribution in [2.45, 2.75) is 44.0 Å². The van der Waals surface area contributed by atoms with E-state index < -0.39 is 0 Å². The van der Waals surface area contributed by atoms with E-state index in [0.717, 1.165) is 32.5 Å². The zero-order chi connectivity index (χ0) is 17.3. The Bertz CT molecular complexity index is 394. The SMILES string of the molecule is CSC(C)(C)CNC(=NCC(=O)N(C)C)NCC1CCCCO1. The van der Waals surface area contributed by atoms with Gasteiger partial charge in [0.25, 0.3) is 0 Å². The van der Waals surface area contributed by atoms with Crippen molar-refractivity contribution in [1.82, 2.24) is 15.5 Å². The van der Waals surface area contributed by atoms with Crippen LogP contribution in [0.15, 0.2) is 4.99 Å². The number of rotatable bonds is 7. The van der Waals surface area contributed by atoms with Crippen LogP contribution in [-0.4, -0.2) is 74.2 Å². The molecule has 1 amide bonds. The van der Waals surface area contributed by atoms with E-state index in [1.807, 2.05) is 0 Å². The largest absolute Gasteiger partial charge is 0.376 e. The molecular weight excluding hydrogens is 312 g/mol. The summed E-state index contributed by atoms with van der Waals surface area (Å²) in [5.41, 5.74) is 0. The maximum Gasteiger partial charge on any atom is 0.243 e. The molecule has 0 aromatic rings. The molecule has 1 atom stereocenters. The molecule has 0 saturated carbocycles. The van der Waals surface area contributed by atoms with Crippen molar-refractivity contribution in [3.63, 3.8) is 0 Å². The molecule has 6 nitrogen and oxygen atoms in total. The topological polar surface area (TPSA) is 66.0 Å². The Hall–Kier alpha value is -0.950. The number of aliphatic imine (C=N–C) groups is 1. The monoisotopic (exact) mass is 344 g/mol. The highest BCUT2D eigenvalue weighted by atomic mass is 32.2. The van der Waals surface area contributed by atoms with Crippen LogP contribution in [-0.2, 0) is 9.53 Å². The van der Waals surface area contributed by atoms with Crippen LogP contribution >= 0.6 is 11.8 Å². The number of nitrogens with zero attached hydrogens (tertiary/aromatic N) is 2. The van der Waals surface area contributed by atoms with Crippen molar-refractivity contribution in [3.05, 3.63) is 0 Å². The molecule has 2 N–H and O–H groups in total. The van der Waals surface area contributed by atoms with Crippen LogP contribution < -0.4 is 10.6 Å². The van der Waals surface area contributed by atoms with E-state index in [1.165, 1.54) is 6.42 Å². The number of thioether (sulfide) groups is 1. The molecule has 1 unspecified atom stereocenters. The van der Waals surface area contributed by atoms with E-state index in [1.54, 1.807) is 30.8 Å². The molecule has 0 aromatic carbocycles. The van der Waals surface area contributed by atoms with Gasteiger partial charge in [-0.05, 0) is 39.4 Å². The molecule has 1 aliphatic rings. The Morgan fingerprint density at radius 2 is 2.09 bits per heavy atom. The fraction of sp³-hybridized carbons (Fsp3) is 0.875. The molecule has 1 saturated heterocycles. The third-order valence-electron chi connectivity index (χ3n) is 3.88. The summed E-state index contributed by atoms with van der Waals surface area (Å²) in [4.78, 5) is 17.7. The van der Waals surface area contributed by atoms with Crippen LogP contribution in [0.5, 0.6) is 0 Å². The average Bonchev–Trinajstić information content (AvgIpc) is 2.54. The summed E-state index contributed by atoms with van der Waals surface area (Å²) in [6.07, 6.45) is 5.76. The Morgan fingerprint density at radius 1 is 1.35 bits per heavy atom. The number of nitrogens with one attached hydrogen (secondary N) is 2. The summed E-state index contributed by atoms with van der Waals surface area (Å²) >= 11 is 1.80. The first-order chi connectivity index (χ1) is 10.8. The summed E-state index contributed by atoms with van der Waals surface area (Å²) in [6.45, 7) is 6.84. The van der Waals surface area contributed by atoms with Crippen LogP contribution in [0, 0.1) is 0 Å². The highest BCUT2D eigenvalue weighted by Gasteiger charge is 2.18. The van der Waals surface area contributed by atoms with Crippen molar-refractivity contribution in [1.29, 1.82) is 0 Å². The summed E-state index contributed by atoms with van der Waals surface area (Å²) in [6, 6.07) is 0. The molecule has 0 aromatic heterocycles. The van der Waals surface area contributed by atoms with E-state index in [2.05, 4.69) is 35.7 Å². The van der Waals surface area contributed by atoms with Crippen molar-refractivity contribution in [2.24, 2.45) is 4.99 Å².